The number of aromatic hydroxyl groups is 1. The molecule has 0 aliphatic heterocycles. The normalized spacial score (nSPS) is 10.6. The Hall–Kier alpha value is -3.28. The van der Waals surface area contributed by atoms with Crippen molar-refractivity contribution in [3.63, 3.8) is 0 Å². The van der Waals surface area contributed by atoms with Crippen molar-refractivity contribution in [2.75, 3.05) is 5.32 Å². The summed E-state index contributed by atoms with van der Waals surface area (Å²) in [6.45, 7) is 2.17. The Morgan fingerprint density at radius 2 is 1.96 bits per heavy atom. The first-order valence-electron chi connectivity index (χ1n) is 8.97. The molecule has 0 bridgehead atoms. The number of hydrogen-bond acceptors (Lipinski definition) is 5. The van der Waals surface area contributed by atoms with Crippen LogP contribution >= 0.6 is 0 Å². The summed E-state index contributed by atoms with van der Waals surface area (Å²) in [5, 5.41) is 16.4. The molecule has 2 aromatic carbocycles. The van der Waals surface area contributed by atoms with Crippen molar-refractivity contribution in [1.82, 2.24) is 5.16 Å². The zero-order valence-corrected chi connectivity index (χ0v) is 15.1. The van der Waals surface area contributed by atoms with Gasteiger partial charge in [0.05, 0.1) is 6.20 Å². The molecular formula is C21H22N2O4. The van der Waals surface area contributed by atoms with Gasteiger partial charge < -0.3 is 19.7 Å². The largest absolute Gasteiger partial charge is 0.504 e. The van der Waals surface area contributed by atoms with Crippen LogP contribution in [0.4, 0.5) is 5.69 Å². The standard InChI is InChI=1S/C21H22N2O4/c1-2-3-4-5-15-6-11-19(18(24)14-15)26-17-9-7-16(8-10-17)23-21(25)20-12-13-22-27-20/h6-14,24H,2-5H2,1H3,(H,23,25). The van der Waals surface area contributed by atoms with E-state index in [2.05, 4.69) is 17.4 Å². The molecule has 6 heteroatoms. The van der Waals surface area contributed by atoms with Gasteiger partial charge in [0.1, 0.15) is 5.75 Å². The predicted octanol–water partition coefficient (Wildman–Crippen LogP) is 5.16. The number of carbonyl (C=O) groups excluding carboxylic acids is 1. The average molecular weight is 366 g/mol. The third-order valence-electron chi connectivity index (χ3n) is 4.09. The molecule has 0 saturated carbocycles. The first kappa shape index (κ1) is 18.5. The Kier molecular flexibility index (Phi) is 6.10. The van der Waals surface area contributed by atoms with E-state index in [1.54, 1.807) is 36.4 Å². The summed E-state index contributed by atoms with van der Waals surface area (Å²) < 4.78 is 10.5. The van der Waals surface area contributed by atoms with E-state index in [0.717, 1.165) is 18.4 Å². The molecule has 0 atom stereocenters. The van der Waals surface area contributed by atoms with Crippen molar-refractivity contribution in [3.05, 3.63) is 66.1 Å². The van der Waals surface area contributed by atoms with Gasteiger partial charge in [-0.2, -0.15) is 0 Å². The van der Waals surface area contributed by atoms with Crippen molar-refractivity contribution in [1.29, 1.82) is 0 Å². The van der Waals surface area contributed by atoms with Crippen LogP contribution in [0.15, 0.2) is 59.3 Å². The summed E-state index contributed by atoms with van der Waals surface area (Å²) >= 11 is 0. The van der Waals surface area contributed by atoms with Gasteiger partial charge in [-0.25, -0.2) is 0 Å². The first-order valence-corrected chi connectivity index (χ1v) is 8.97. The highest BCUT2D eigenvalue weighted by atomic mass is 16.5. The highest BCUT2D eigenvalue weighted by Crippen LogP contribution is 2.32. The number of unbranched alkanes of at least 4 members (excludes halogenated alkanes) is 2. The van der Waals surface area contributed by atoms with Gasteiger partial charge in [-0.05, 0) is 54.8 Å². The van der Waals surface area contributed by atoms with E-state index in [-0.39, 0.29) is 17.4 Å². The van der Waals surface area contributed by atoms with Crippen LogP contribution < -0.4 is 10.1 Å². The van der Waals surface area contributed by atoms with Crippen LogP contribution in [0.3, 0.4) is 0 Å². The molecule has 0 aliphatic carbocycles. The maximum absolute atomic E-state index is 11.9. The second-order valence-corrected chi connectivity index (χ2v) is 6.22. The van der Waals surface area contributed by atoms with Crippen LogP contribution in [0.1, 0.15) is 42.3 Å². The fourth-order valence-electron chi connectivity index (χ4n) is 2.64. The first-order chi connectivity index (χ1) is 13.2. The lowest BCUT2D eigenvalue weighted by Gasteiger charge is -2.10. The number of aryl methyl sites for hydroxylation is 1. The number of hydrogen-bond donors (Lipinski definition) is 2. The molecule has 0 unspecified atom stereocenters. The van der Waals surface area contributed by atoms with Gasteiger partial charge in [0.2, 0.25) is 5.76 Å². The van der Waals surface area contributed by atoms with Crippen LogP contribution in [0.2, 0.25) is 0 Å². The topological polar surface area (TPSA) is 84.6 Å². The monoisotopic (exact) mass is 366 g/mol. The number of carbonyl (C=O) groups is 1. The minimum absolute atomic E-state index is 0.117. The van der Waals surface area contributed by atoms with E-state index < -0.39 is 0 Å². The van der Waals surface area contributed by atoms with Gasteiger partial charge in [-0.15, -0.1) is 0 Å². The van der Waals surface area contributed by atoms with Crippen molar-refractivity contribution in [2.24, 2.45) is 0 Å². The molecule has 0 fully saturated rings. The van der Waals surface area contributed by atoms with Crippen LogP contribution in [0.5, 0.6) is 17.2 Å². The third-order valence-corrected chi connectivity index (χ3v) is 4.09. The van der Waals surface area contributed by atoms with Crippen molar-refractivity contribution in [2.45, 2.75) is 32.6 Å². The van der Waals surface area contributed by atoms with E-state index in [1.807, 2.05) is 6.07 Å². The second kappa shape index (κ2) is 8.89. The minimum atomic E-state index is -0.377. The van der Waals surface area contributed by atoms with Gasteiger partial charge in [-0.3, -0.25) is 4.79 Å². The van der Waals surface area contributed by atoms with Gasteiger partial charge in [0.15, 0.2) is 11.5 Å². The van der Waals surface area contributed by atoms with Crippen molar-refractivity contribution in [3.8, 4) is 17.2 Å². The van der Waals surface area contributed by atoms with Crippen molar-refractivity contribution >= 4 is 11.6 Å². The number of benzene rings is 2. The fraction of sp³-hybridized carbons (Fsp3) is 0.238. The molecule has 0 saturated heterocycles. The molecule has 2 N–H and O–H groups in total. The number of aromatic nitrogens is 1. The molecular weight excluding hydrogens is 344 g/mol. The SMILES string of the molecule is CCCCCc1ccc(Oc2ccc(NC(=O)c3ccno3)cc2)c(O)c1. The minimum Gasteiger partial charge on any atom is -0.504 e. The molecule has 140 valence electrons. The summed E-state index contributed by atoms with van der Waals surface area (Å²) in [7, 11) is 0. The molecule has 6 nitrogen and oxygen atoms in total. The highest BCUT2D eigenvalue weighted by Gasteiger charge is 2.10. The van der Waals surface area contributed by atoms with E-state index in [9.17, 15) is 9.90 Å². The summed E-state index contributed by atoms with van der Waals surface area (Å²) in [5.41, 5.74) is 1.69. The lowest BCUT2D eigenvalue weighted by Crippen LogP contribution is -2.10. The fourth-order valence-corrected chi connectivity index (χ4v) is 2.64. The summed E-state index contributed by atoms with van der Waals surface area (Å²) in [5.74, 6) is 0.831. The van der Waals surface area contributed by atoms with Gasteiger partial charge in [0, 0.05) is 11.8 Å². The maximum atomic E-state index is 11.9. The number of phenols is 1. The summed E-state index contributed by atoms with van der Waals surface area (Å²) in [4.78, 5) is 11.9. The zero-order chi connectivity index (χ0) is 19.1. The number of amides is 1. The van der Waals surface area contributed by atoms with Crippen LogP contribution in [0, 0.1) is 0 Å². The molecule has 0 spiro atoms. The number of nitrogens with one attached hydrogen (secondary N) is 1. The lowest BCUT2D eigenvalue weighted by molar-refractivity contribution is 0.0988. The van der Waals surface area contributed by atoms with Gasteiger partial charge in [-0.1, -0.05) is 31.0 Å². The number of nitrogens with zero attached hydrogens (tertiary/aromatic N) is 1. The number of anilines is 1. The summed E-state index contributed by atoms with van der Waals surface area (Å²) in [6.07, 6.45) is 5.81. The van der Waals surface area contributed by atoms with Crippen molar-refractivity contribution < 1.29 is 19.2 Å². The van der Waals surface area contributed by atoms with Crippen LogP contribution in [0.25, 0.3) is 0 Å². The van der Waals surface area contributed by atoms with Crippen LogP contribution in [-0.2, 0) is 6.42 Å². The molecule has 1 aromatic heterocycles. The molecule has 3 rings (SSSR count). The van der Waals surface area contributed by atoms with E-state index in [1.165, 1.54) is 25.1 Å². The van der Waals surface area contributed by atoms with E-state index in [4.69, 9.17) is 9.26 Å². The van der Waals surface area contributed by atoms with Crippen LogP contribution in [-0.4, -0.2) is 16.2 Å². The smallest absolute Gasteiger partial charge is 0.294 e. The van der Waals surface area contributed by atoms with E-state index >= 15 is 0 Å². The lowest BCUT2D eigenvalue weighted by atomic mass is 10.1. The Bertz CT molecular complexity index is 874. The molecule has 0 radical (unpaired) electrons. The molecule has 1 heterocycles. The quantitative estimate of drug-likeness (QED) is 0.538. The Labute approximate surface area is 157 Å². The number of ether oxygens (including phenoxy) is 1. The number of rotatable bonds is 8. The Balaban J connectivity index is 1.60. The molecule has 3 aromatic rings. The summed E-state index contributed by atoms with van der Waals surface area (Å²) in [6, 6.07) is 13.8. The highest BCUT2D eigenvalue weighted by molar-refractivity contribution is 6.02. The molecule has 1 amide bonds. The predicted molar refractivity (Wildman–Crippen MR) is 102 cm³/mol. The second-order valence-electron chi connectivity index (χ2n) is 6.22. The Morgan fingerprint density at radius 3 is 2.63 bits per heavy atom. The number of phenolic OH excluding ortho intramolecular Hbond substituents is 1. The van der Waals surface area contributed by atoms with E-state index in [0.29, 0.717) is 17.2 Å². The maximum Gasteiger partial charge on any atom is 0.294 e. The average Bonchev–Trinajstić information content (AvgIpc) is 3.20. The molecule has 0 aliphatic rings. The Morgan fingerprint density at radius 1 is 1.15 bits per heavy atom. The molecule has 27 heavy (non-hydrogen) atoms. The zero-order valence-electron chi connectivity index (χ0n) is 15.1. The van der Waals surface area contributed by atoms with Gasteiger partial charge in [0.25, 0.3) is 5.91 Å². The van der Waals surface area contributed by atoms with Gasteiger partial charge >= 0.3 is 0 Å². The third kappa shape index (κ3) is 5.10.